The molecular weight excluding hydrogens is 420 g/mol. The van der Waals surface area contributed by atoms with Gasteiger partial charge in [-0.3, -0.25) is 38.6 Å². The van der Waals surface area contributed by atoms with Crippen molar-refractivity contribution in [2.45, 2.75) is 50.7 Å². The maximum atomic E-state index is 13.5. The zero-order valence-electron chi connectivity index (χ0n) is 17.8. The predicted molar refractivity (Wildman–Crippen MR) is 109 cm³/mol. The van der Waals surface area contributed by atoms with Gasteiger partial charge in [-0.1, -0.05) is 12.1 Å². The van der Waals surface area contributed by atoms with Crippen LogP contribution < -0.4 is 11.5 Å². The van der Waals surface area contributed by atoms with E-state index in [1.54, 1.807) is 12.1 Å². The minimum Gasteiger partial charge on any atom is -0.481 e. The van der Waals surface area contributed by atoms with Crippen molar-refractivity contribution in [1.82, 2.24) is 9.80 Å². The van der Waals surface area contributed by atoms with Crippen LogP contribution in [0.4, 0.5) is 0 Å². The second-order valence-corrected chi connectivity index (χ2v) is 8.50. The zero-order valence-corrected chi connectivity index (χ0v) is 17.8. The highest BCUT2D eigenvalue weighted by Gasteiger charge is 2.61. The Kier molecular flexibility index (Phi) is 5.42. The van der Waals surface area contributed by atoms with Gasteiger partial charge in [0.1, 0.15) is 11.6 Å². The van der Waals surface area contributed by atoms with E-state index in [1.165, 1.54) is 26.0 Å². The number of carboxylic acids is 1. The normalized spacial score (nSPS) is 21.9. The minimum absolute atomic E-state index is 0.113. The number of aliphatic carboxylic acids is 1. The fourth-order valence-electron chi connectivity index (χ4n) is 4.51. The summed E-state index contributed by atoms with van der Waals surface area (Å²) in [6.45, 7) is 3.67. The summed E-state index contributed by atoms with van der Waals surface area (Å²) < 4.78 is 0. The number of nitrogens with zero attached hydrogens (tertiary/aromatic N) is 2. The molecule has 3 rings (SSSR count). The number of carbonyl (C=O) groups excluding carboxylic acids is 5. The number of rotatable bonds is 6. The van der Waals surface area contributed by atoms with E-state index in [9.17, 15) is 33.9 Å². The number of benzene rings is 1. The molecule has 2 heterocycles. The molecule has 5 amide bonds. The summed E-state index contributed by atoms with van der Waals surface area (Å²) in [5, 5.41) is 9.48. The van der Waals surface area contributed by atoms with Gasteiger partial charge in [-0.15, -0.1) is 0 Å². The van der Waals surface area contributed by atoms with Crippen LogP contribution in [-0.4, -0.2) is 67.5 Å². The van der Waals surface area contributed by atoms with E-state index in [2.05, 4.69) is 0 Å². The van der Waals surface area contributed by atoms with Gasteiger partial charge in [-0.25, -0.2) is 0 Å². The highest BCUT2D eigenvalue weighted by Crippen LogP contribution is 2.38. The Hall–Kier alpha value is -3.60. The molecule has 1 aromatic carbocycles. The van der Waals surface area contributed by atoms with Gasteiger partial charge in [0.2, 0.25) is 11.8 Å². The number of amides is 5. The first kappa shape index (κ1) is 23.1. The van der Waals surface area contributed by atoms with Crippen molar-refractivity contribution in [2.24, 2.45) is 17.4 Å². The molecule has 170 valence electrons. The van der Waals surface area contributed by atoms with Gasteiger partial charge in [-0.2, -0.15) is 0 Å². The third-order valence-corrected chi connectivity index (χ3v) is 6.56. The number of carboxylic acid groups (broad SMARTS) is 1. The molecule has 1 saturated heterocycles. The Bertz CT molecular complexity index is 1030. The molecule has 5 N–H and O–H groups in total. The first-order valence-corrected chi connectivity index (χ1v) is 9.93. The smallest absolute Gasteiger partial charge is 0.308 e. The fourth-order valence-corrected chi connectivity index (χ4v) is 4.51. The lowest BCUT2D eigenvalue weighted by Crippen LogP contribution is -2.78. The summed E-state index contributed by atoms with van der Waals surface area (Å²) in [4.78, 5) is 77.5. The number of carbonyl (C=O) groups is 6. The number of piperidine rings is 1. The van der Waals surface area contributed by atoms with E-state index >= 15 is 0 Å². The highest BCUT2D eigenvalue weighted by atomic mass is 16.4. The first-order valence-electron chi connectivity index (χ1n) is 9.93. The lowest BCUT2D eigenvalue weighted by molar-refractivity contribution is -0.167. The lowest BCUT2D eigenvalue weighted by atomic mass is 9.69. The van der Waals surface area contributed by atoms with Crippen LogP contribution in [0.3, 0.4) is 0 Å². The van der Waals surface area contributed by atoms with Gasteiger partial charge in [0.05, 0.1) is 22.6 Å². The van der Waals surface area contributed by atoms with Crippen LogP contribution in [0, 0.1) is 5.92 Å². The molecule has 3 atom stereocenters. The number of hydrogen-bond donors (Lipinski definition) is 3. The van der Waals surface area contributed by atoms with E-state index in [-0.39, 0.29) is 24.0 Å². The molecule has 1 aromatic rings. The van der Waals surface area contributed by atoms with Crippen molar-refractivity contribution < 1.29 is 33.9 Å². The highest BCUT2D eigenvalue weighted by molar-refractivity contribution is 6.23. The molecule has 0 aliphatic carbocycles. The number of nitrogens with two attached hydrogens (primary N) is 2. The summed E-state index contributed by atoms with van der Waals surface area (Å²) in [6, 6.07) is 4.76. The van der Waals surface area contributed by atoms with Gasteiger partial charge in [0, 0.05) is 6.42 Å². The molecule has 0 saturated carbocycles. The van der Waals surface area contributed by atoms with Crippen molar-refractivity contribution in [3.05, 3.63) is 35.4 Å². The quantitative estimate of drug-likeness (QED) is 0.490. The summed E-state index contributed by atoms with van der Waals surface area (Å²) >= 11 is 0. The maximum Gasteiger partial charge on any atom is 0.308 e. The van der Waals surface area contributed by atoms with Crippen LogP contribution in [0.25, 0.3) is 0 Å². The average molecular weight is 444 g/mol. The van der Waals surface area contributed by atoms with Crippen LogP contribution in [-0.2, 0) is 19.2 Å². The molecule has 1 fully saturated rings. The van der Waals surface area contributed by atoms with E-state index in [4.69, 9.17) is 11.5 Å². The van der Waals surface area contributed by atoms with Gasteiger partial charge in [-0.05, 0) is 39.3 Å². The Morgan fingerprint density at radius 1 is 1.09 bits per heavy atom. The van der Waals surface area contributed by atoms with Crippen molar-refractivity contribution in [3.8, 4) is 0 Å². The van der Waals surface area contributed by atoms with Gasteiger partial charge in [0.15, 0.2) is 0 Å². The van der Waals surface area contributed by atoms with Crippen molar-refractivity contribution in [2.75, 3.05) is 0 Å². The van der Waals surface area contributed by atoms with E-state index in [1.807, 2.05) is 0 Å². The molecule has 0 radical (unpaired) electrons. The van der Waals surface area contributed by atoms with E-state index in [0.717, 1.165) is 11.8 Å². The Morgan fingerprint density at radius 2 is 1.59 bits per heavy atom. The monoisotopic (exact) mass is 444 g/mol. The summed E-state index contributed by atoms with van der Waals surface area (Å²) in [5.41, 5.74) is 7.70. The summed E-state index contributed by atoms with van der Waals surface area (Å²) in [5.74, 6) is -7.24. The molecule has 0 bridgehead atoms. The summed E-state index contributed by atoms with van der Waals surface area (Å²) in [7, 11) is 0. The second kappa shape index (κ2) is 7.52. The number of imide groups is 2. The van der Waals surface area contributed by atoms with Gasteiger partial charge in [0.25, 0.3) is 17.7 Å². The molecule has 11 nitrogen and oxygen atoms in total. The number of primary amides is 1. The third kappa shape index (κ3) is 3.00. The van der Waals surface area contributed by atoms with Crippen LogP contribution in [0.2, 0.25) is 0 Å². The Balaban J connectivity index is 2.05. The minimum atomic E-state index is -2.34. The Morgan fingerprint density at radius 3 is 2.03 bits per heavy atom. The van der Waals surface area contributed by atoms with Crippen molar-refractivity contribution in [3.63, 3.8) is 0 Å². The van der Waals surface area contributed by atoms with Gasteiger partial charge < -0.3 is 16.6 Å². The van der Waals surface area contributed by atoms with E-state index < -0.39 is 58.5 Å². The van der Waals surface area contributed by atoms with Crippen molar-refractivity contribution in [1.29, 1.82) is 0 Å². The van der Waals surface area contributed by atoms with Crippen LogP contribution in [0.1, 0.15) is 54.3 Å². The largest absolute Gasteiger partial charge is 0.481 e. The number of hydrogen-bond acceptors (Lipinski definition) is 7. The molecular formula is C21H24N4O7. The summed E-state index contributed by atoms with van der Waals surface area (Å²) in [6.07, 6.45) is -0.345. The predicted octanol–water partition coefficient (Wildman–Crippen LogP) is -0.518. The fraction of sp³-hybridized carbons (Fsp3) is 0.429. The SMILES string of the molecule is CC(C(=O)O)[C@@](N)(C(N)=O)C(C)(C)N1C(=O)CC[C@H](N2C(=O)c3ccccc3C2=O)C1=O. The Labute approximate surface area is 183 Å². The molecule has 32 heavy (non-hydrogen) atoms. The van der Waals surface area contributed by atoms with E-state index in [0.29, 0.717) is 4.90 Å². The second-order valence-electron chi connectivity index (χ2n) is 8.50. The van der Waals surface area contributed by atoms with Gasteiger partial charge >= 0.3 is 5.97 Å². The molecule has 11 heteroatoms. The molecule has 1 unspecified atom stereocenters. The first-order chi connectivity index (χ1) is 14.8. The molecule has 0 aromatic heterocycles. The number of likely N-dealkylation sites (tertiary alicyclic amines) is 1. The molecule has 2 aliphatic rings. The standard InChI is InChI=1S/C21H24N4O7/c1-10(18(30)31)21(23,19(22)32)20(2,3)25-14(26)9-8-13(17(25)29)24-15(27)11-6-4-5-7-12(11)16(24)28/h4-7,10,13H,8-9,23H2,1-3H3,(H2,22,32)(H,30,31)/t10?,13-,21+/m0/s1. The lowest BCUT2D eigenvalue weighted by Gasteiger charge is -2.51. The third-order valence-electron chi connectivity index (χ3n) is 6.56. The molecule has 0 spiro atoms. The van der Waals surface area contributed by atoms with Crippen LogP contribution >= 0.6 is 0 Å². The zero-order chi connectivity index (χ0) is 24.2. The van der Waals surface area contributed by atoms with Crippen molar-refractivity contribution >= 4 is 35.5 Å². The average Bonchev–Trinajstić information content (AvgIpc) is 2.97. The molecule has 2 aliphatic heterocycles. The number of fused-ring (bicyclic) bond motifs is 1. The maximum absolute atomic E-state index is 13.5. The topological polar surface area (TPSA) is 181 Å². The van der Waals surface area contributed by atoms with Crippen LogP contribution in [0.15, 0.2) is 24.3 Å². The van der Waals surface area contributed by atoms with Crippen LogP contribution in [0.5, 0.6) is 0 Å².